The fourth-order valence-electron chi connectivity index (χ4n) is 1.41. The maximum absolute atomic E-state index is 11.3. The molecule has 2 rings (SSSR count). The first-order valence-corrected chi connectivity index (χ1v) is 4.54. The molecule has 1 heterocycles. The Balaban J connectivity index is 2.39. The van der Waals surface area contributed by atoms with Gasteiger partial charge in [0.2, 0.25) is 0 Å². The van der Waals surface area contributed by atoms with E-state index in [4.69, 9.17) is 5.26 Å². The number of nitrogens with one attached hydrogen (secondary N) is 2. The smallest absolute Gasteiger partial charge is 0.262 e. The molecule has 0 bridgehead atoms. The van der Waals surface area contributed by atoms with Crippen LogP contribution in [0.15, 0.2) is 29.8 Å². The number of hydrogen-bond donors (Lipinski definition) is 2. The Kier molecular flexibility index (Phi) is 2.48. The Labute approximate surface area is 87.2 Å². The Hall–Kier alpha value is -2.12. The normalized spacial score (nSPS) is 17.5. The SMILES string of the molecule is N#Cc1ccccc1/C=C1\CNNC1=O. The zero-order valence-corrected chi connectivity index (χ0v) is 7.95. The quantitative estimate of drug-likeness (QED) is 0.650. The predicted octanol–water partition coefficient (Wildman–Crippen LogP) is 0.576. The molecular weight excluding hydrogens is 190 g/mol. The summed E-state index contributed by atoms with van der Waals surface area (Å²) >= 11 is 0. The van der Waals surface area contributed by atoms with Crippen molar-refractivity contribution in [2.75, 3.05) is 6.54 Å². The molecule has 0 radical (unpaired) electrons. The van der Waals surface area contributed by atoms with E-state index in [1.54, 1.807) is 18.2 Å². The number of benzene rings is 1. The molecule has 1 aliphatic rings. The van der Waals surface area contributed by atoms with Crippen molar-refractivity contribution >= 4 is 12.0 Å². The summed E-state index contributed by atoms with van der Waals surface area (Å²) in [4.78, 5) is 11.3. The van der Waals surface area contributed by atoms with Crippen molar-refractivity contribution in [3.63, 3.8) is 0 Å². The van der Waals surface area contributed by atoms with Crippen LogP contribution >= 0.6 is 0 Å². The van der Waals surface area contributed by atoms with Crippen molar-refractivity contribution in [3.05, 3.63) is 41.0 Å². The van der Waals surface area contributed by atoms with Crippen molar-refractivity contribution in [1.82, 2.24) is 10.9 Å². The van der Waals surface area contributed by atoms with Gasteiger partial charge in [0.25, 0.3) is 5.91 Å². The Morgan fingerprint density at radius 2 is 2.20 bits per heavy atom. The van der Waals surface area contributed by atoms with Crippen molar-refractivity contribution < 1.29 is 4.79 Å². The van der Waals surface area contributed by atoms with Gasteiger partial charge in [0, 0.05) is 12.1 Å². The summed E-state index contributed by atoms with van der Waals surface area (Å²) in [5.74, 6) is -0.136. The molecule has 0 atom stereocenters. The van der Waals surface area contributed by atoms with Crippen molar-refractivity contribution in [3.8, 4) is 6.07 Å². The van der Waals surface area contributed by atoms with Crippen LogP contribution < -0.4 is 10.9 Å². The molecular formula is C11H9N3O. The van der Waals surface area contributed by atoms with Gasteiger partial charge in [-0.25, -0.2) is 5.43 Å². The number of rotatable bonds is 1. The van der Waals surface area contributed by atoms with E-state index in [1.807, 2.05) is 12.1 Å². The maximum Gasteiger partial charge on any atom is 0.262 e. The van der Waals surface area contributed by atoms with Gasteiger partial charge in [0.05, 0.1) is 11.6 Å². The van der Waals surface area contributed by atoms with Crippen molar-refractivity contribution in [2.24, 2.45) is 0 Å². The Morgan fingerprint density at radius 1 is 1.40 bits per heavy atom. The lowest BCUT2D eigenvalue weighted by molar-refractivity contribution is -0.116. The summed E-state index contributed by atoms with van der Waals surface area (Å²) in [6, 6.07) is 9.27. The number of nitrogens with zero attached hydrogens (tertiary/aromatic N) is 1. The zero-order chi connectivity index (χ0) is 10.7. The van der Waals surface area contributed by atoms with Crippen LogP contribution in [0.1, 0.15) is 11.1 Å². The lowest BCUT2D eigenvalue weighted by atomic mass is 10.1. The molecule has 4 nitrogen and oxygen atoms in total. The van der Waals surface area contributed by atoms with E-state index < -0.39 is 0 Å². The maximum atomic E-state index is 11.3. The highest BCUT2D eigenvalue weighted by Gasteiger charge is 2.15. The molecule has 1 aliphatic heterocycles. The van der Waals surface area contributed by atoms with Gasteiger partial charge < -0.3 is 0 Å². The lowest BCUT2D eigenvalue weighted by Gasteiger charge is -1.97. The predicted molar refractivity (Wildman–Crippen MR) is 55.3 cm³/mol. The second-order valence-electron chi connectivity index (χ2n) is 3.18. The van der Waals surface area contributed by atoms with Crippen LogP contribution in [0.4, 0.5) is 0 Å². The monoisotopic (exact) mass is 199 g/mol. The Morgan fingerprint density at radius 3 is 2.87 bits per heavy atom. The van der Waals surface area contributed by atoms with Crippen LogP contribution in [-0.4, -0.2) is 12.5 Å². The zero-order valence-electron chi connectivity index (χ0n) is 7.95. The molecule has 0 aliphatic carbocycles. The van der Waals surface area contributed by atoms with Crippen LogP contribution in [0.2, 0.25) is 0 Å². The highest BCUT2D eigenvalue weighted by atomic mass is 16.2. The van der Waals surface area contributed by atoms with Crippen LogP contribution in [0.25, 0.3) is 6.08 Å². The summed E-state index contributed by atoms with van der Waals surface area (Å²) in [7, 11) is 0. The first-order chi connectivity index (χ1) is 7.31. The van der Waals surface area contributed by atoms with E-state index in [0.29, 0.717) is 17.7 Å². The topological polar surface area (TPSA) is 64.9 Å². The van der Waals surface area contributed by atoms with E-state index >= 15 is 0 Å². The first-order valence-electron chi connectivity index (χ1n) is 4.54. The second-order valence-corrected chi connectivity index (χ2v) is 3.18. The highest BCUT2D eigenvalue weighted by molar-refractivity contribution is 6.00. The van der Waals surface area contributed by atoms with Gasteiger partial charge in [-0.1, -0.05) is 18.2 Å². The summed E-state index contributed by atoms with van der Waals surface area (Å²) in [6.45, 7) is 0.485. The molecule has 4 heteroatoms. The van der Waals surface area contributed by atoms with Gasteiger partial charge >= 0.3 is 0 Å². The number of carbonyl (C=O) groups is 1. The van der Waals surface area contributed by atoms with Gasteiger partial charge in [0.15, 0.2) is 0 Å². The van der Waals surface area contributed by atoms with Gasteiger partial charge in [0.1, 0.15) is 0 Å². The van der Waals surface area contributed by atoms with E-state index in [9.17, 15) is 4.79 Å². The molecule has 0 aromatic heterocycles. The molecule has 1 aromatic carbocycles. The van der Waals surface area contributed by atoms with Crippen molar-refractivity contribution in [2.45, 2.75) is 0 Å². The summed E-state index contributed by atoms with van der Waals surface area (Å²) in [5, 5.41) is 8.86. The number of amides is 1. The van der Waals surface area contributed by atoms with E-state index in [1.165, 1.54) is 0 Å². The van der Waals surface area contributed by atoms with Gasteiger partial charge in [-0.3, -0.25) is 10.2 Å². The van der Waals surface area contributed by atoms with Crippen LogP contribution in [-0.2, 0) is 4.79 Å². The number of hydrazine groups is 1. The average Bonchev–Trinajstić information content (AvgIpc) is 2.65. The standard InChI is InChI=1S/C11H9N3O/c12-6-9-4-2-1-3-8(9)5-10-7-13-14-11(10)15/h1-5,13H,7H2,(H,14,15)/b10-5+. The highest BCUT2D eigenvalue weighted by Crippen LogP contribution is 2.13. The van der Waals surface area contributed by atoms with Gasteiger partial charge in [-0.2, -0.15) is 5.26 Å². The minimum absolute atomic E-state index is 0.136. The molecule has 74 valence electrons. The summed E-state index contributed by atoms with van der Waals surface area (Å²) in [6.07, 6.45) is 1.73. The molecule has 0 unspecified atom stereocenters. The van der Waals surface area contributed by atoms with Crippen LogP contribution in [0.3, 0.4) is 0 Å². The number of hydrogen-bond acceptors (Lipinski definition) is 3. The molecule has 1 saturated heterocycles. The number of nitriles is 1. The third-order valence-corrected chi connectivity index (χ3v) is 2.18. The lowest BCUT2D eigenvalue weighted by Crippen LogP contribution is -2.25. The van der Waals surface area contributed by atoms with Crippen molar-refractivity contribution in [1.29, 1.82) is 5.26 Å². The van der Waals surface area contributed by atoms with E-state index in [-0.39, 0.29) is 5.91 Å². The van der Waals surface area contributed by atoms with Gasteiger partial charge in [-0.15, -0.1) is 0 Å². The second kappa shape index (κ2) is 3.95. The number of carbonyl (C=O) groups excluding carboxylic acids is 1. The fourth-order valence-corrected chi connectivity index (χ4v) is 1.41. The molecule has 15 heavy (non-hydrogen) atoms. The summed E-state index contributed by atoms with van der Waals surface area (Å²) < 4.78 is 0. The minimum Gasteiger partial charge on any atom is -0.287 e. The largest absolute Gasteiger partial charge is 0.287 e. The summed E-state index contributed by atoms with van der Waals surface area (Å²) in [5.41, 5.74) is 7.20. The average molecular weight is 199 g/mol. The molecule has 0 saturated carbocycles. The van der Waals surface area contributed by atoms with E-state index in [2.05, 4.69) is 16.9 Å². The fraction of sp³-hybridized carbons (Fsp3) is 0.0909. The molecule has 1 amide bonds. The van der Waals surface area contributed by atoms with Gasteiger partial charge in [-0.05, 0) is 17.7 Å². The van der Waals surface area contributed by atoms with E-state index in [0.717, 1.165) is 5.56 Å². The molecule has 1 aromatic rings. The van der Waals surface area contributed by atoms with Crippen LogP contribution in [0, 0.1) is 11.3 Å². The third kappa shape index (κ3) is 1.87. The third-order valence-electron chi connectivity index (χ3n) is 2.18. The molecule has 2 N–H and O–H groups in total. The first kappa shape index (κ1) is 9.44. The molecule has 1 fully saturated rings. The Bertz CT molecular complexity index is 471. The van der Waals surface area contributed by atoms with Crippen LogP contribution in [0.5, 0.6) is 0 Å². The molecule has 0 spiro atoms. The minimum atomic E-state index is -0.136.